The highest BCUT2D eigenvalue weighted by Gasteiger charge is 2.28. The quantitative estimate of drug-likeness (QED) is 0.621. The van der Waals surface area contributed by atoms with Gasteiger partial charge in [0, 0.05) is 24.6 Å². The number of carbonyl (C=O) groups excluding carboxylic acids is 1. The van der Waals surface area contributed by atoms with Gasteiger partial charge in [-0.2, -0.15) is 4.98 Å². The van der Waals surface area contributed by atoms with Crippen molar-refractivity contribution in [3.63, 3.8) is 0 Å². The summed E-state index contributed by atoms with van der Waals surface area (Å²) in [5.74, 6) is 1.68. The van der Waals surface area contributed by atoms with E-state index in [0.717, 1.165) is 18.4 Å². The molecule has 2 aromatic carbocycles. The number of aromatic nitrogens is 2. The molecule has 4 rings (SSSR count). The molecule has 0 radical (unpaired) electrons. The smallest absolute Gasteiger partial charge is 0.324 e. The summed E-state index contributed by atoms with van der Waals surface area (Å²) < 4.78 is 10.8. The second-order valence-corrected chi connectivity index (χ2v) is 8.13. The molecule has 7 heteroatoms. The lowest BCUT2D eigenvalue weighted by Gasteiger charge is -2.29. The van der Waals surface area contributed by atoms with Crippen LogP contribution in [0, 0.1) is 5.92 Å². The van der Waals surface area contributed by atoms with Crippen molar-refractivity contribution in [2.75, 3.05) is 30.4 Å². The molecule has 1 N–H and O–H groups in total. The first-order valence-electron chi connectivity index (χ1n) is 10.7. The molecule has 0 spiro atoms. The van der Waals surface area contributed by atoms with E-state index in [1.807, 2.05) is 41.3 Å². The van der Waals surface area contributed by atoms with Gasteiger partial charge in [-0.05, 0) is 36.5 Å². The lowest BCUT2D eigenvalue weighted by Crippen LogP contribution is -2.38. The van der Waals surface area contributed by atoms with Gasteiger partial charge in [-0.3, -0.25) is 4.79 Å². The molecular formula is C24H28N4O3. The van der Waals surface area contributed by atoms with Crippen molar-refractivity contribution in [3.8, 4) is 17.1 Å². The molecular weight excluding hydrogens is 392 g/mol. The van der Waals surface area contributed by atoms with Crippen LogP contribution in [0.2, 0.25) is 0 Å². The van der Waals surface area contributed by atoms with Crippen LogP contribution in [0.5, 0.6) is 5.75 Å². The number of para-hydroxylation sites is 2. The Morgan fingerprint density at radius 2 is 1.84 bits per heavy atom. The van der Waals surface area contributed by atoms with Crippen LogP contribution < -0.4 is 15.0 Å². The fraction of sp³-hybridized carbons (Fsp3) is 0.375. The highest BCUT2D eigenvalue weighted by Crippen LogP contribution is 2.28. The molecule has 1 aliphatic rings. The molecule has 1 fully saturated rings. The maximum Gasteiger partial charge on any atom is 0.324 e. The minimum Gasteiger partial charge on any atom is -0.495 e. The van der Waals surface area contributed by atoms with Gasteiger partial charge >= 0.3 is 6.01 Å². The number of anilines is 2. The van der Waals surface area contributed by atoms with Gasteiger partial charge in [0.2, 0.25) is 11.7 Å². The van der Waals surface area contributed by atoms with Crippen LogP contribution in [0.1, 0.15) is 38.2 Å². The van der Waals surface area contributed by atoms with E-state index in [-0.39, 0.29) is 11.8 Å². The normalized spacial score (nSPS) is 14.6. The Kier molecular flexibility index (Phi) is 6.21. The summed E-state index contributed by atoms with van der Waals surface area (Å²) in [5, 5.41) is 7.13. The van der Waals surface area contributed by atoms with E-state index in [1.165, 1.54) is 5.56 Å². The molecule has 2 heterocycles. The lowest BCUT2D eigenvalue weighted by atomic mass is 9.96. The number of piperidine rings is 1. The predicted molar refractivity (Wildman–Crippen MR) is 120 cm³/mol. The summed E-state index contributed by atoms with van der Waals surface area (Å²) in [7, 11) is 1.60. The Balaban J connectivity index is 1.35. The average Bonchev–Trinajstić information content (AvgIpc) is 3.30. The highest BCUT2D eigenvalue weighted by atomic mass is 16.5. The molecule has 1 amide bonds. The first-order chi connectivity index (χ1) is 15.0. The van der Waals surface area contributed by atoms with E-state index < -0.39 is 0 Å². The first kappa shape index (κ1) is 20.9. The third kappa shape index (κ3) is 4.71. The van der Waals surface area contributed by atoms with Gasteiger partial charge in [0.1, 0.15) is 5.75 Å². The van der Waals surface area contributed by atoms with E-state index >= 15 is 0 Å². The van der Waals surface area contributed by atoms with Gasteiger partial charge in [-0.25, -0.2) is 0 Å². The molecule has 7 nitrogen and oxygen atoms in total. The van der Waals surface area contributed by atoms with E-state index in [1.54, 1.807) is 7.11 Å². The van der Waals surface area contributed by atoms with Crippen molar-refractivity contribution in [1.82, 2.24) is 10.1 Å². The molecule has 1 aromatic heterocycles. The topological polar surface area (TPSA) is 80.5 Å². The maximum atomic E-state index is 12.7. The van der Waals surface area contributed by atoms with E-state index in [4.69, 9.17) is 9.26 Å². The van der Waals surface area contributed by atoms with Crippen LogP contribution in [0.3, 0.4) is 0 Å². The second kappa shape index (κ2) is 9.20. The van der Waals surface area contributed by atoms with Crippen molar-refractivity contribution in [2.45, 2.75) is 32.6 Å². The maximum absolute atomic E-state index is 12.7. The van der Waals surface area contributed by atoms with Crippen LogP contribution in [-0.2, 0) is 4.79 Å². The summed E-state index contributed by atoms with van der Waals surface area (Å²) in [6, 6.07) is 16.2. The van der Waals surface area contributed by atoms with Gasteiger partial charge in [0.25, 0.3) is 0 Å². The largest absolute Gasteiger partial charge is 0.495 e. The lowest BCUT2D eigenvalue weighted by molar-refractivity contribution is -0.120. The SMILES string of the molecule is COc1ccccc1NC(=O)C1CCN(c2nc(-c3ccc(C(C)C)cc3)no2)CC1. The second-order valence-electron chi connectivity index (χ2n) is 8.13. The zero-order valence-corrected chi connectivity index (χ0v) is 18.2. The zero-order chi connectivity index (χ0) is 21.8. The average molecular weight is 421 g/mol. The van der Waals surface area contributed by atoms with Gasteiger partial charge in [-0.1, -0.05) is 55.4 Å². The molecule has 0 unspecified atom stereocenters. The molecule has 1 saturated heterocycles. The van der Waals surface area contributed by atoms with Crippen molar-refractivity contribution in [1.29, 1.82) is 0 Å². The van der Waals surface area contributed by atoms with Crippen LogP contribution in [-0.4, -0.2) is 36.2 Å². The highest BCUT2D eigenvalue weighted by molar-refractivity contribution is 5.94. The number of nitrogens with one attached hydrogen (secondary N) is 1. The summed E-state index contributed by atoms with van der Waals surface area (Å²) in [4.78, 5) is 19.3. The fourth-order valence-corrected chi connectivity index (χ4v) is 3.79. The molecule has 1 aliphatic heterocycles. The number of hydrogen-bond acceptors (Lipinski definition) is 6. The molecule has 3 aromatic rings. The standard InChI is InChI=1S/C24H28N4O3/c1-16(2)17-8-10-18(11-9-17)22-26-24(31-27-22)28-14-12-19(13-15-28)23(29)25-20-6-4-5-7-21(20)30-3/h4-11,16,19H,12-15H2,1-3H3,(H,25,29). The number of hydrogen-bond donors (Lipinski definition) is 1. The molecule has 0 aliphatic carbocycles. The molecule has 0 bridgehead atoms. The van der Waals surface area contributed by atoms with Crippen LogP contribution in [0.4, 0.5) is 11.7 Å². The van der Waals surface area contributed by atoms with Crippen molar-refractivity contribution in [2.24, 2.45) is 5.92 Å². The molecule has 0 atom stereocenters. The third-order valence-corrected chi connectivity index (χ3v) is 5.75. The predicted octanol–water partition coefficient (Wildman–Crippen LogP) is 4.72. The number of benzene rings is 2. The van der Waals surface area contributed by atoms with Crippen LogP contribution in [0.15, 0.2) is 53.1 Å². The fourth-order valence-electron chi connectivity index (χ4n) is 3.79. The zero-order valence-electron chi connectivity index (χ0n) is 18.2. The number of amides is 1. The van der Waals surface area contributed by atoms with E-state index in [9.17, 15) is 4.79 Å². The van der Waals surface area contributed by atoms with Crippen molar-refractivity contribution >= 4 is 17.6 Å². The summed E-state index contributed by atoms with van der Waals surface area (Å²) in [6.07, 6.45) is 1.45. The number of ether oxygens (including phenoxy) is 1. The molecule has 0 saturated carbocycles. The summed E-state index contributed by atoms with van der Waals surface area (Å²) in [6.45, 7) is 5.72. The van der Waals surface area contributed by atoms with Crippen molar-refractivity contribution < 1.29 is 14.1 Å². The van der Waals surface area contributed by atoms with Crippen LogP contribution in [0.25, 0.3) is 11.4 Å². The Labute approximate surface area is 182 Å². The summed E-state index contributed by atoms with van der Waals surface area (Å²) >= 11 is 0. The Hall–Kier alpha value is -3.35. The van der Waals surface area contributed by atoms with Gasteiger partial charge in [-0.15, -0.1) is 0 Å². The van der Waals surface area contributed by atoms with Gasteiger partial charge in [0.15, 0.2) is 0 Å². The number of methoxy groups -OCH3 is 1. The van der Waals surface area contributed by atoms with E-state index in [2.05, 4.69) is 41.4 Å². The third-order valence-electron chi connectivity index (χ3n) is 5.75. The number of rotatable bonds is 6. The number of carbonyl (C=O) groups is 1. The number of nitrogens with zero attached hydrogens (tertiary/aromatic N) is 3. The monoisotopic (exact) mass is 420 g/mol. The van der Waals surface area contributed by atoms with E-state index in [0.29, 0.717) is 42.3 Å². The minimum absolute atomic E-state index is 0.0145. The minimum atomic E-state index is -0.0628. The summed E-state index contributed by atoms with van der Waals surface area (Å²) in [5.41, 5.74) is 2.91. The van der Waals surface area contributed by atoms with Gasteiger partial charge < -0.3 is 19.5 Å². The van der Waals surface area contributed by atoms with Crippen LogP contribution >= 0.6 is 0 Å². The molecule has 162 valence electrons. The van der Waals surface area contributed by atoms with Crippen molar-refractivity contribution in [3.05, 3.63) is 54.1 Å². The first-order valence-corrected chi connectivity index (χ1v) is 10.7. The Morgan fingerprint density at radius 1 is 1.13 bits per heavy atom. The Morgan fingerprint density at radius 3 is 2.52 bits per heavy atom. The molecule has 31 heavy (non-hydrogen) atoms. The Bertz CT molecular complexity index is 1020. The van der Waals surface area contributed by atoms with Gasteiger partial charge in [0.05, 0.1) is 12.8 Å².